The molecule has 0 unspecified atom stereocenters. The number of methoxy groups -OCH3 is 1. The number of cyclic esters (lactones) is 1. The zero-order valence-electron chi connectivity index (χ0n) is 22.6. The maximum absolute atomic E-state index is 15.3. The molecule has 0 aliphatic carbocycles. The molecule has 220 valence electrons. The highest BCUT2D eigenvalue weighted by molar-refractivity contribution is 7.80. The van der Waals surface area contributed by atoms with E-state index in [1.807, 2.05) is 0 Å². The van der Waals surface area contributed by atoms with Crippen molar-refractivity contribution < 1.29 is 42.2 Å². The van der Waals surface area contributed by atoms with Gasteiger partial charge in [0.05, 0.1) is 50.4 Å². The number of para-hydroxylation sites is 1. The summed E-state index contributed by atoms with van der Waals surface area (Å²) in [4.78, 5) is 45.6. The Morgan fingerprint density at radius 2 is 1.88 bits per heavy atom. The second-order valence-electron chi connectivity index (χ2n) is 9.11. The first-order valence-corrected chi connectivity index (χ1v) is 13.4. The number of hydrogen-bond donors (Lipinski definition) is 1. The predicted octanol–water partition coefficient (Wildman–Crippen LogP) is 4.51. The van der Waals surface area contributed by atoms with Crippen LogP contribution in [0.25, 0.3) is 0 Å². The first-order valence-electron chi connectivity index (χ1n) is 13.0. The summed E-state index contributed by atoms with van der Waals surface area (Å²) in [6.07, 6.45) is -0.377. The Morgan fingerprint density at radius 1 is 1.15 bits per heavy atom. The number of thiocarbonyl (C=S) groups is 1. The minimum Gasteiger partial charge on any atom is -0.490 e. The van der Waals surface area contributed by atoms with Gasteiger partial charge in [0.25, 0.3) is 0 Å². The van der Waals surface area contributed by atoms with Gasteiger partial charge in [0.15, 0.2) is 16.7 Å². The Morgan fingerprint density at radius 3 is 2.59 bits per heavy atom. The summed E-state index contributed by atoms with van der Waals surface area (Å²) in [5.41, 5.74) is 0.132. The van der Waals surface area contributed by atoms with Gasteiger partial charge in [-0.1, -0.05) is 12.1 Å². The first-order chi connectivity index (χ1) is 19.7. The van der Waals surface area contributed by atoms with Crippen LogP contribution in [0.5, 0.6) is 0 Å². The predicted molar refractivity (Wildman–Crippen MR) is 149 cm³/mol. The third-order valence-electron chi connectivity index (χ3n) is 6.47. The molecule has 0 bridgehead atoms. The molecular weight excluding hydrogens is 562 g/mol. The van der Waals surface area contributed by atoms with Crippen LogP contribution in [-0.4, -0.2) is 80.8 Å². The van der Waals surface area contributed by atoms with Crippen molar-refractivity contribution in [1.29, 1.82) is 0 Å². The van der Waals surface area contributed by atoms with Crippen molar-refractivity contribution in [3.63, 3.8) is 0 Å². The summed E-state index contributed by atoms with van der Waals surface area (Å²) in [5, 5.41) is 4.03. The third-order valence-corrected chi connectivity index (χ3v) is 6.84. The number of amides is 3. The van der Waals surface area contributed by atoms with E-state index in [0.29, 0.717) is 17.9 Å². The maximum Gasteiger partial charge on any atom is 0.414 e. The molecule has 14 heteroatoms. The van der Waals surface area contributed by atoms with Crippen molar-refractivity contribution in [2.24, 2.45) is 0 Å². The van der Waals surface area contributed by atoms with Gasteiger partial charge in [0, 0.05) is 31.6 Å². The minimum atomic E-state index is -0.877. The second kappa shape index (κ2) is 13.5. The lowest BCUT2D eigenvalue weighted by Crippen LogP contribution is -2.38. The topological polar surface area (TPSA) is 110 Å². The highest BCUT2D eigenvalue weighted by Crippen LogP contribution is 2.32. The van der Waals surface area contributed by atoms with E-state index in [4.69, 9.17) is 31.3 Å². The molecular formula is C27H30F2N4O7S. The minimum absolute atomic E-state index is 0.0258. The average Bonchev–Trinajstić information content (AvgIpc) is 3.15. The molecule has 41 heavy (non-hydrogen) atoms. The number of anilines is 3. The van der Waals surface area contributed by atoms with Crippen LogP contribution >= 0.6 is 12.2 Å². The van der Waals surface area contributed by atoms with Gasteiger partial charge in [-0.2, -0.15) is 0 Å². The Kier molecular flexibility index (Phi) is 9.89. The molecule has 3 amide bonds. The van der Waals surface area contributed by atoms with Crippen LogP contribution < -0.4 is 15.1 Å². The number of hydroxylamine groups is 2. The van der Waals surface area contributed by atoms with Gasteiger partial charge >= 0.3 is 18.1 Å². The van der Waals surface area contributed by atoms with Crippen molar-refractivity contribution in [3.8, 4) is 0 Å². The molecule has 4 rings (SSSR count). The molecule has 2 fully saturated rings. The third kappa shape index (κ3) is 7.19. The van der Waals surface area contributed by atoms with Gasteiger partial charge in [-0.25, -0.2) is 28.2 Å². The number of benzene rings is 2. The molecule has 1 atom stereocenters. The molecule has 2 aromatic rings. The summed E-state index contributed by atoms with van der Waals surface area (Å²) in [6.45, 7) is 2.02. The molecule has 2 heterocycles. The van der Waals surface area contributed by atoms with E-state index in [-0.39, 0.29) is 62.0 Å². The second-order valence-corrected chi connectivity index (χ2v) is 9.56. The normalized spacial score (nSPS) is 17.1. The van der Waals surface area contributed by atoms with E-state index >= 15 is 8.78 Å². The van der Waals surface area contributed by atoms with Crippen LogP contribution in [0.2, 0.25) is 0 Å². The Bertz CT molecular complexity index is 1290. The first kappa shape index (κ1) is 29.9. The quantitative estimate of drug-likeness (QED) is 0.350. The summed E-state index contributed by atoms with van der Waals surface area (Å²) in [7, 11) is 1.46. The molecule has 0 spiro atoms. The fourth-order valence-electron chi connectivity index (χ4n) is 4.46. The Balaban J connectivity index is 1.40. The van der Waals surface area contributed by atoms with Crippen molar-refractivity contribution in [1.82, 2.24) is 5.06 Å². The van der Waals surface area contributed by atoms with Gasteiger partial charge in [-0.15, -0.1) is 0 Å². The number of carbonyl (C=O) groups excluding carboxylic acids is 3. The van der Waals surface area contributed by atoms with Crippen molar-refractivity contribution in [2.45, 2.75) is 25.9 Å². The van der Waals surface area contributed by atoms with E-state index < -0.39 is 35.8 Å². The molecule has 0 saturated carbocycles. The van der Waals surface area contributed by atoms with Crippen molar-refractivity contribution >= 4 is 52.4 Å². The summed E-state index contributed by atoms with van der Waals surface area (Å²) in [6, 6.07) is 7.85. The maximum atomic E-state index is 15.3. The molecule has 0 aromatic heterocycles. The molecule has 11 nitrogen and oxygen atoms in total. The Hall–Kier alpha value is -4.04. The van der Waals surface area contributed by atoms with E-state index in [9.17, 15) is 14.4 Å². The van der Waals surface area contributed by atoms with Crippen LogP contribution in [0.15, 0.2) is 36.4 Å². The average molecular weight is 593 g/mol. The van der Waals surface area contributed by atoms with Gasteiger partial charge in [0.2, 0.25) is 0 Å². The van der Waals surface area contributed by atoms with Crippen molar-refractivity contribution in [2.75, 3.05) is 61.6 Å². The number of carbonyl (C=O) groups is 3. The number of urea groups is 1. The summed E-state index contributed by atoms with van der Waals surface area (Å²) < 4.78 is 45.8. The number of hydrogen-bond acceptors (Lipinski definition) is 9. The van der Waals surface area contributed by atoms with Crippen LogP contribution in [-0.2, 0) is 19.0 Å². The highest BCUT2D eigenvalue weighted by atomic mass is 32.1. The number of rotatable bonds is 8. The lowest BCUT2D eigenvalue weighted by molar-refractivity contribution is -0.100. The van der Waals surface area contributed by atoms with E-state index in [2.05, 4.69) is 5.32 Å². The summed E-state index contributed by atoms with van der Waals surface area (Å²) >= 11 is 5.01. The number of halogens is 2. The zero-order chi connectivity index (χ0) is 29.5. The fraction of sp³-hybridized carbons (Fsp3) is 0.407. The van der Waals surface area contributed by atoms with Gasteiger partial charge in [-0.05, 0) is 37.7 Å². The number of nitrogens with one attached hydrogen (secondary N) is 1. The van der Waals surface area contributed by atoms with E-state index in [1.54, 1.807) is 25.1 Å². The SMILES string of the molecule is CCOC(=O)c1ccccc1NC(=O)N1CCN(c2c(F)cc(N3C[C@H](CCC(=S)OC)OC3=O)cc2F)CCO1. The molecule has 2 aliphatic rings. The van der Waals surface area contributed by atoms with Crippen LogP contribution in [0.3, 0.4) is 0 Å². The number of ether oxygens (including phenoxy) is 3. The van der Waals surface area contributed by atoms with Crippen molar-refractivity contribution in [3.05, 3.63) is 53.6 Å². The lowest BCUT2D eigenvalue weighted by atomic mass is 10.2. The van der Waals surface area contributed by atoms with Crippen LogP contribution in [0.4, 0.5) is 35.4 Å². The molecule has 2 saturated heterocycles. The standard InChI is InChI=1S/C27H30F2N4O7S/c1-3-38-25(34)19-6-4-5-7-22(19)30-26(35)33-11-10-31(12-13-39-33)24-20(28)14-17(15-21(24)29)32-16-18(40-27(32)36)8-9-23(41)37-2/h4-7,14-15,18H,3,8-13,16H2,1-2H3,(H,30,35)/t18-/m0/s1. The van der Waals surface area contributed by atoms with Crippen LogP contribution in [0, 0.1) is 11.6 Å². The van der Waals surface area contributed by atoms with Crippen LogP contribution in [0.1, 0.15) is 30.1 Å². The van der Waals surface area contributed by atoms with Gasteiger partial charge < -0.3 is 24.4 Å². The number of esters is 1. The molecule has 0 radical (unpaired) electrons. The smallest absolute Gasteiger partial charge is 0.414 e. The summed E-state index contributed by atoms with van der Waals surface area (Å²) in [5.74, 6) is -2.34. The molecule has 1 N–H and O–H groups in total. The van der Waals surface area contributed by atoms with E-state index in [1.165, 1.54) is 23.0 Å². The molecule has 2 aliphatic heterocycles. The zero-order valence-corrected chi connectivity index (χ0v) is 23.4. The Labute approximate surface area is 240 Å². The number of nitrogens with zero attached hydrogens (tertiary/aromatic N) is 3. The van der Waals surface area contributed by atoms with Gasteiger partial charge in [0.1, 0.15) is 11.8 Å². The fourth-order valence-corrected chi connectivity index (χ4v) is 4.58. The largest absolute Gasteiger partial charge is 0.490 e. The van der Waals surface area contributed by atoms with E-state index in [0.717, 1.165) is 17.2 Å². The monoisotopic (exact) mass is 592 g/mol. The molecule has 2 aromatic carbocycles. The lowest BCUT2D eigenvalue weighted by Gasteiger charge is -2.24. The highest BCUT2D eigenvalue weighted by Gasteiger charge is 2.34. The van der Waals surface area contributed by atoms with Gasteiger partial charge in [-0.3, -0.25) is 9.74 Å².